The van der Waals surface area contributed by atoms with Crippen molar-refractivity contribution in [2.75, 3.05) is 18.1 Å². The third kappa shape index (κ3) is 4.69. The summed E-state index contributed by atoms with van der Waals surface area (Å²) in [6, 6.07) is 9.45. The van der Waals surface area contributed by atoms with E-state index in [1.165, 1.54) is 16.2 Å². The van der Waals surface area contributed by atoms with Gasteiger partial charge in [-0.15, -0.1) is 10.2 Å². The molecule has 1 amide bonds. The smallest absolute Gasteiger partial charge is 0.297 e. The zero-order valence-corrected chi connectivity index (χ0v) is 22.3. The van der Waals surface area contributed by atoms with Gasteiger partial charge in [-0.05, 0) is 56.2 Å². The Morgan fingerprint density at radius 2 is 1.89 bits per heavy atom. The molecule has 0 N–H and O–H groups in total. The van der Waals surface area contributed by atoms with Gasteiger partial charge < -0.3 is 13.9 Å². The average Bonchev–Trinajstić information content (AvgIpc) is 3.44. The monoisotopic (exact) mass is 539 g/mol. The third-order valence-electron chi connectivity index (χ3n) is 6.14. The highest BCUT2D eigenvalue weighted by atomic mass is 35.5. The number of anilines is 1. The highest BCUT2D eigenvalue weighted by molar-refractivity contribution is 7.15. The van der Waals surface area contributed by atoms with Crippen molar-refractivity contribution < 1.29 is 18.7 Å². The van der Waals surface area contributed by atoms with E-state index in [0.717, 1.165) is 19.3 Å². The van der Waals surface area contributed by atoms with E-state index in [9.17, 15) is 9.59 Å². The summed E-state index contributed by atoms with van der Waals surface area (Å²) < 4.78 is 17.9. The number of carbonyl (C=O) groups excluding carboxylic acids is 1. The first-order valence-electron chi connectivity index (χ1n) is 12.2. The van der Waals surface area contributed by atoms with Crippen molar-refractivity contribution in [2.45, 2.75) is 46.1 Å². The third-order valence-corrected chi connectivity index (χ3v) is 7.22. The highest BCUT2D eigenvalue weighted by Crippen LogP contribution is 2.44. The molecule has 0 aliphatic carbocycles. The SMILES string of the molecule is CCCCCOc1ccc(C2c3c(oc4ccc(Cl)cc4c3=O)C(=O)N2c2nnc(C)s2)cc1OCC. The summed E-state index contributed by atoms with van der Waals surface area (Å²) in [6.45, 7) is 6.84. The molecule has 0 fully saturated rings. The van der Waals surface area contributed by atoms with Crippen molar-refractivity contribution in [2.24, 2.45) is 0 Å². The molecule has 192 valence electrons. The summed E-state index contributed by atoms with van der Waals surface area (Å²) in [6.07, 6.45) is 3.11. The predicted octanol–water partition coefficient (Wildman–Crippen LogP) is 6.32. The summed E-state index contributed by atoms with van der Waals surface area (Å²) >= 11 is 7.45. The number of amides is 1. The van der Waals surface area contributed by atoms with Gasteiger partial charge in [-0.3, -0.25) is 14.5 Å². The van der Waals surface area contributed by atoms with Crippen LogP contribution < -0.4 is 19.8 Å². The topological polar surface area (TPSA) is 94.8 Å². The van der Waals surface area contributed by atoms with Gasteiger partial charge >= 0.3 is 0 Å². The van der Waals surface area contributed by atoms with Gasteiger partial charge in [-0.1, -0.05) is 48.8 Å². The van der Waals surface area contributed by atoms with Gasteiger partial charge in [-0.2, -0.15) is 0 Å². The van der Waals surface area contributed by atoms with E-state index in [-0.39, 0.29) is 16.8 Å². The van der Waals surface area contributed by atoms with Gasteiger partial charge in [0.15, 0.2) is 16.9 Å². The van der Waals surface area contributed by atoms with Crippen LogP contribution in [-0.2, 0) is 0 Å². The lowest BCUT2D eigenvalue weighted by Gasteiger charge is -2.23. The van der Waals surface area contributed by atoms with Crippen molar-refractivity contribution in [3.8, 4) is 11.5 Å². The average molecular weight is 540 g/mol. The summed E-state index contributed by atoms with van der Waals surface area (Å²) in [5, 5.41) is 10.1. The maximum Gasteiger partial charge on any atom is 0.297 e. The number of unbranched alkanes of at least 4 members (excludes halogenated alkanes) is 2. The standard InChI is InChI=1S/C27H26ClN3O5S/c1-4-6-7-12-35-20-10-8-16(13-21(20)34-5-2)23-22-24(32)18-14-17(28)9-11-19(18)36-25(22)26(33)31(23)27-30-29-15(3)37-27/h8-11,13-14,23H,4-7,12H2,1-3H3. The zero-order valence-electron chi connectivity index (χ0n) is 20.7. The van der Waals surface area contributed by atoms with Crippen LogP contribution in [0.5, 0.6) is 11.5 Å². The van der Waals surface area contributed by atoms with Crippen LogP contribution in [0.3, 0.4) is 0 Å². The van der Waals surface area contributed by atoms with Crippen LogP contribution in [0.15, 0.2) is 45.6 Å². The van der Waals surface area contributed by atoms with E-state index in [0.29, 0.717) is 56.4 Å². The Bertz CT molecular complexity index is 1530. The summed E-state index contributed by atoms with van der Waals surface area (Å²) in [4.78, 5) is 28.9. The summed E-state index contributed by atoms with van der Waals surface area (Å²) in [7, 11) is 0. The van der Waals surface area contributed by atoms with Crippen LogP contribution in [0.4, 0.5) is 5.13 Å². The van der Waals surface area contributed by atoms with Gasteiger partial charge in [0.05, 0.1) is 30.2 Å². The molecule has 1 aliphatic heterocycles. The number of ether oxygens (including phenoxy) is 2. The maximum absolute atomic E-state index is 13.8. The van der Waals surface area contributed by atoms with Crippen molar-refractivity contribution >= 4 is 44.9 Å². The quantitative estimate of drug-likeness (QED) is 0.229. The van der Waals surface area contributed by atoms with E-state index >= 15 is 0 Å². The van der Waals surface area contributed by atoms with Gasteiger partial charge in [-0.25, -0.2) is 0 Å². The lowest BCUT2D eigenvalue weighted by molar-refractivity contribution is 0.0970. The second-order valence-electron chi connectivity index (χ2n) is 8.69. The van der Waals surface area contributed by atoms with Crippen LogP contribution in [0.25, 0.3) is 11.0 Å². The molecule has 2 aromatic carbocycles. The first kappa shape index (κ1) is 25.2. The number of halogens is 1. The number of aryl methyl sites for hydroxylation is 1. The predicted molar refractivity (Wildman–Crippen MR) is 143 cm³/mol. The molecule has 8 nitrogen and oxygen atoms in total. The molecule has 0 saturated heterocycles. The zero-order chi connectivity index (χ0) is 26.1. The lowest BCUT2D eigenvalue weighted by atomic mass is 9.98. The number of aromatic nitrogens is 2. The minimum Gasteiger partial charge on any atom is -0.490 e. The highest BCUT2D eigenvalue weighted by Gasteiger charge is 2.45. The molecule has 2 aromatic heterocycles. The summed E-state index contributed by atoms with van der Waals surface area (Å²) in [5.74, 6) is 0.680. The van der Waals surface area contributed by atoms with Gasteiger partial charge in [0.1, 0.15) is 10.6 Å². The van der Waals surface area contributed by atoms with E-state index < -0.39 is 11.9 Å². The minimum absolute atomic E-state index is 0.0180. The molecular weight excluding hydrogens is 514 g/mol. The molecule has 0 saturated carbocycles. The second-order valence-corrected chi connectivity index (χ2v) is 10.3. The Morgan fingerprint density at radius 3 is 2.62 bits per heavy atom. The fourth-order valence-corrected chi connectivity index (χ4v) is 5.34. The van der Waals surface area contributed by atoms with E-state index in [1.807, 2.05) is 25.1 Å². The number of benzene rings is 2. The Balaban J connectivity index is 1.67. The van der Waals surface area contributed by atoms with Crippen LogP contribution in [0.1, 0.15) is 65.8 Å². The first-order chi connectivity index (χ1) is 17.9. The van der Waals surface area contributed by atoms with Crippen molar-refractivity contribution in [3.05, 3.63) is 73.5 Å². The molecule has 1 unspecified atom stereocenters. The van der Waals surface area contributed by atoms with Crippen LogP contribution in [0, 0.1) is 6.92 Å². The van der Waals surface area contributed by atoms with Crippen LogP contribution in [-0.4, -0.2) is 29.3 Å². The molecule has 5 rings (SSSR count). The molecule has 0 radical (unpaired) electrons. The first-order valence-corrected chi connectivity index (χ1v) is 13.4. The van der Waals surface area contributed by atoms with E-state index in [1.54, 1.807) is 25.1 Å². The van der Waals surface area contributed by atoms with Crippen molar-refractivity contribution in [1.82, 2.24) is 10.2 Å². The number of nitrogens with zero attached hydrogens (tertiary/aromatic N) is 3. The Kier molecular flexibility index (Phi) is 7.17. The van der Waals surface area contributed by atoms with E-state index in [4.69, 9.17) is 25.5 Å². The van der Waals surface area contributed by atoms with Gasteiger partial charge in [0.2, 0.25) is 10.9 Å². The number of hydrogen-bond acceptors (Lipinski definition) is 8. The van der Waals surface area contributed by atoms with Crippen LogP contribution in [0.2, 0.25) is 5.02 Å². The minimum atomic E-state index is -0.789. The number of rotatable bonds is 9. The fraction of sp³-hybridized carbons (Fsp3) is 0.333. The number of fused-ring (bicyclic) bond motifs is 2. The number of hydrogen-bond donors (Lipinski definition) is 0. The molecular formula is C27H26ClN3O5S. The maximum atomic E-state index is 13.8. The molecule has 4 aromatic rings. The van der Waals surface area contributed by atoms with Gasteiger partial charge in [0.25, 0.3) is 5.91 Å². The lowest BCUT2D eigenvalue weighted by Crippen LogP contribution is -2.29. The van der Waals surface area contributed by atoms with Crippen molar-refractivity contribution in [3.63, 3.8) is 0 Å². The normalized spacial score (nSPS) is 14.9. The Morgan fingerprint density at radius 1 is 1.05 bits per heavy atom. The molecule has 3 heterocycles. The molecule has 1 aliphatic rings. The molecule has 0 spiro atoms. The molecule has 10 heteroatoms. The van der Waals surface area contributed by atoms with Crippen molar-refractivity contribution in [1.29, 1.82) is 0 Å². The Labute approximate surface area is 222 Å². The molecule has 37 heavy (non-hydrogen) atoms. The Hall–Kier alpha value is -3.43. The summed E-state index contributed by atoms with van der Waals surface area (Å²) in [5.41, 5.74) is 0.865. The van der Waals surface area contributed by atoms with Crippen LogP contribution >= 0.6 is 22.9 Å². The second kappa shape index (κ2) is 10.5. The fourth-order valence-electron chi connectivity index (χ4n) is 4.46. The molecule has 1 atom stereocenters. The van der Waals surface area contributed by atoms with E-state index in [2.05, 4.69) is 17.1 Å². The molecule has 0 bridgehead atoms. The van der Waals surface area contributed by atoms with Gasteiger partial charge in [0, 0.05) is 5.02 Å². The largest absolute Gasteiger partial charge is 0.490 e. The number of carbonyl (C=O) groups is 1.